The van der Waals surface area contributed by atoms with Gasteiger partial charge in [0, 0.05) is 42.8 Å². The average Bonchev–Trinajstić information content (AvgIpc) is 2.85. The maximum absolute atomic E-state index is 11.8. The van der Waals surface area contributed by atoms with Crippen molar-refractivity contribution in [3.63, 3.8) is 0 Å². The molecule has 0 aliphatic rings. The molecular weight excluding hydrogens is 254 g/mol. The van der Waals surface area contributed by atoms with Crippen LogP contribution in [0, 0.1) is 6.92 Å². The molecule has 0 aliphatic heterocycles. The van der Waals surface area contributed by atoms with Gasteiger partial charge in [-0.15, -0.1) is 0 Å². The number of H-pyrrole nitrogens is 1. The molecule has 3 heterocycles. The van der Waals surface area contributed by atoms with Crippen LogP contribution in [0.5, 0.6) is 0 Å². The Morgan fingerprint density at radius 2 is 2.15 bits per heavy atom. The number of nitrogens with one attached hydrogen (secondary N) is 1. The molecule has 0 saturated heterocycles. The first-order valence-electron chi connectivity index (χ1n) is 6.15. The molecule has 0 aromatic carbocycles. The highest BCUT2D eigenvalue weighted by molar-refractivity contribution is 5.63. The molecule has 0 atom stereocenters. The molecule has 3 aromatic heterocycles. The van der Waals surface area contributed by atoms with Crippen molar-refractivity contribution in [2.45, 2.75) is 6.92 Å². The minimum atomic E-state index is -0.190. The van der Waals surface area contributed by atoms with Crippen LogP contribution in [-0.2, 0) is 7.05 Å². The molecule has 3 rings (SSSR count). The van der Waals surface area contributed by atoms with Crippen LogP contribution in [0.2, 0.25) is 0 Å². The third-order valence-electron chi connectivity index (χ3n) is 3.02. The standard InChI is InChI=1S/C14H13N5O/c1-9-6-15-4-3-11(9)14-17-12(5-13(20)18-14)10-7-16-19(2)8-10/h3-8H,1-2H3,(H,17,18,20). The number of hydrogen-bond donors (Lipinski definition) is 1. The summed E-state index contributed by atoms with van der Waals surface area (Å²) in [5, 5.41) is 4.10. The molecule has 1 N–H and O–H groups in total. The topological polar surface area (TPSA) is 76.5 Å². The zero-order chi connectivity index (χ0) is 14.1. The molecule has 0 amide bonds. The highest BCUT2D eigenvalue weighted by Crippen LogP contribution is 2.20. The van der Waals surface area contributed by atoms with Crippen LogP contribution >= 0.6 is 0 Å². The lowest BCUT2D eigenvalue weighted by molar-refractivity contribution is 0.768. The van der Waals surface area contributed by atoms with Crippen molar-refractivity contribution in [2.24, 2.45) is 7.05 Å². The number of aromatic amines is 1. The zero-order valence-corrected chi connectivity index (χ0v) is 11.2. The molecule has 0 bridgehead atoms. The Bertz CT molecular complexity index is 818. The van der Waals surface area contributed by atoms with E-state index in [9.17, 15) is 4.79 Å². The van der Waals surface area contributed by atoms with Gasteiger partial charge < -0.3 is 4.98 Å². The summed E-state index contributed by atoms with van der Waals surface area (Å²) in [6.07, 6.45) is 6.93. The lowest BCUT2D eigenvalue weighted by Crippen LogP contribution is -2.09. The third kappa shape index (κ3) is 2.23. The summed E-state index contributed by atoms with van der Waals surface area (Å²) in [5.74, 6) is 0.538. The summed E-state index contributed by atoms with van der Waals surface area (Å²) in [6.45, 7) is 1.93. The lowest BCUT2D eigenvalue weighted by Gasteiger charge is -2.05. The predicted octanol–water partition coefficient (Wildman–Crippen LogP) is 1.54. The van der Waals surface area contributed by atoms with Gasteiger partial charge in [0.1, 0.15) is 5.82 Å². The molecule has 0 saturated carbocycles. The van der Waals surface area contributed by atoms with Gasteiger partial charge in [-0.1, -0.05) is 0 Å². The van der Waals surface area contributed by atoms with Crippen LogP contribution in [0.25, 0.3) is 22.6 Å². The Hall–Kier alpha value is -2.76. The maximum atomic E-state index is 11.8. The molecule has 3 aromatic rings. The molecule has 20 heavy (non-hydrogen) atoms. The SMILES string of the molecule is Cc1cnccc1-c1nc(-c2cnn(C)c2)cc(=O)[nH]1. The van der Waals surface area contributed by atoms with E-state index in [4.69, 9.17) is 0 Å². The first-order valence-corrected chi connectivity index (χ1v) is 6.15. The largest absolute Gasteiger partial charge is 0.306 e. The van der Waals surface area contributed by atoms with Crippen LogP contribution < -0.4 is 5.56 Å². The van der Waals surface area contributed by atoms with E-state index in [0.717, 1.165) is 16.7 Å². The highest BCUT2D eigenvalue weighted by atomic mass is 16.1. The summed E-state index contributed by atoms with van der Waals surface area (Å²) in [4.78, 5) is 23.2. The number of rotatable bonds is 2. The Morgan fingerprint density at radius 3 is 2.85 bits per heavy atom. The van der Waals surface area contributed by atoms with Crippen molar-refractivity contribution in [1.29, 1.82) is 0 Å². The molecular formula is C14H13N5O. The van der Waals surface area contributed by atoms with Crippen LogP contribution in [0.1, 0.15) is 5.56 Å². The van der Waals surface area contributed by atoms with E-state index in [2.05, 4.69) is 20.1 Å². The van der Waals surface area contributed by atoms with Gasteiger partial charge in [0.2, 0.25) is 0 Å². The van der Waals surface area contributed by atoms with Crippen molar-refractivity contribution in [2.75, 3.05) is 0 Å². The number of aryl methyl sites for hydroxylation is 2. The normalized spacial score (nSPS) is 10.7. The van der Waals surface area contributed by atoms with E-state index >= 15 is 0 Å². The van der Waals surface area contributed by atoms with Crippen molar-refractivity contribution >= 4 is 0 Å². The molecule has 0 spiro atoms. The number of aromatic nitrogens is 5. The first-order chi connectivity index (χ1) is 9.63. The Balaban J connectivity index is 2.17. The van der Waals surface area contributed by atoms with E-state index in [-0.39, 0.29) is 5.56 Å². The molecule has 6 heteroatoms. The van der Waals surface area contributed by atoms with E-state index in [0.29, 0.717) is 11.5 Å². The van der Waals surface area contributed by atoms with Gasteiger partial charge in [-0.25, -0.2) is 4.98 Å². The van der Waals surface area contributed by atoms with Gasteiger partial charge in [0.05, 0.1) is 11.9 Å². The van der Waals surface area contributed by atoms with E-state index in [1.165, 1.54) is 6.07 Å². The van der Waals surface area contributed by atoms with Crippen LogP contribution in [0.15, 0.2) is 41.7 Å². The second-order valence-corrected chi connectivity index (χ2v) is 4.57. The van der Waals surface area contributed by atoms with Crippen molar-refractivity contribution in [3.8, 4) is 22.6 Å². The second kappa shape index (κ2) is 4.73. The quantitative estimate of drug-likeness (QED) is 0.764. The summed E-state index contributed by atoms with van der Waals surface area (Å²) in [6, 6.07) is 3.30. The monoisotopic (exact) mass is 267 g/mol. The van der Waals surface area contributed by atoms with Gasteiger partial charge in [-0.05, 0) is 18.6 Å². The highest BCUT2D eigenvalue weighted by Gasteiger charge is 2.09. The van der Waals surface area contributed by atoms with Crippen molar-refractivity contribution in [1.82, 2.24) is 24.7 Å². The fraction of sp³-hybridized carbons (Fsp3) is 0.143. The zero-order valence-electron chi connectivity index (χ0n) is 11.2. The number of hydrogen-bond acceptors (Lipinski definition) is 4. The molecule has 0 fully saturated rings. The smallest absolute Gasteiger partial charge is 0.251 e. The van der Waals surface area contributed by atoms with Crippen LogP contribution in [-0.4, -0.2) is 24.7 Å². The average molecular weight is 267 g/mol. The summed E-state index contributed by atoms with van der Waals surface area (Å²) < 4.78 is 1.68. The van der Waals surface area contributed by atoms with Gasteiger partial charge in [0.15, 0.2) is 0 Å². The van der Waals surface area contributed by atoms with Gasteiger partial charge in [0.25, 0.3) is 5.56 Å². The number of pyridine rings is 1. The van der Waals surface area contributed by atoms with Gasteiger partial charge >= 0.3 is 0 Å². The van der Waals surface area contributed by atoms with Crippen molar-refractivity contribution in [3.05, 3.63) is 52.8 Å². The Morgan fingerprint density at radius 1 is 1.30 bits per heavy atom. The number of nitrogens with zero attached hydrogens (tertiary/aromatic N) is 4. The second-order valence-electron chi connectivity index (χ2n) is 4.57. The molecule has 0 aliphatic carbocycles. The van der Waals surface area contributed by atoms with Crippen molar-refractivity contribution < 1.29 is 0 Å². The minimum absolute atomic E-state index is 0.190. The lowest BCUT2D eigenvalue weighted by atomic mass is 10.1. The van der Waals surface area contributed by atoms with E-state index in [1.807, 2.05) is 26.2 Å². The molecule has 100 valence electrons. The first kappa shape index (κ1) is 12.3. The minimum Gasteiger partial charge on any atom is -0.306 e. The van der Waals surface area contributed by atoms with Crippen LogP contribution in [0.4, 0.5) is 0 Å². The van der Waals surface area contributed by atoms with Gasteiger partial charge in [-0.2, -0.15) is 5.10 Å². The van der Waals surface area contributed by atoms with Gasteiger partial charge in [-0.3, -0.25) is 14.5 Å². The fourth-order valence-corrected chi connectivity index (χ4v) is 2.03. The molecule has 0 radical (unpaired) electrons. The summed E-state index contributed by atoms with van der Waals surface area (Å²) in [7, 11) is 1.82. The van der Waals surface area contributed by atoms with E-state index in [1.54, 1.807) is 23.3 Å². The Labute approximate surface area is 115 Å². The molecule has 6 nitrogen and oxygen atoms in total. The summed E-state index contributed by atoms with van der Waals surface area (Å²) in [5.41, 5.74) is 3.05. The fourth-order valence-electron chi connectivity index (χ4n) is 2.03. The third-order valence-corrected chi connectivity index (χ3v) is 3.02. The molecule has 0 unspecified atom stereocenters. The Kier molecular flexibility index (Phi) is 2.90. The summed E-state index contributed by atoms with van der Waals surface area (Å²) >= 11 is 0. The predicted molar refractivity (Wildman–Crippen MR) is 75.0 cm³/mol. The van der Waals surface area contributed by atoms with Crippen LogP contribution in [0.3, 0.4) is 0 Å². The maximum Gasteiger partial charge on any atom is 0.251 e. The van der Waals surface area contributed by atoms with E-state index < -0.39 is 0 Å².